The van der Waals surface area contributed by atoms with Gasteiger partial charge in [-0.3, -0.25) is 6.08 Å². The smallest absolute Gasteiger partial charge is 0 e. The van der Waals surface area contributed by atoms with Crippen LogP contribution in [-0.2, 0) is 0 Å². The third-order valence-corrected chi connectivity index (χ3v) is 1.82. The quantitative estimate of drug-likeness (QED) is 0.543. The summed E-state index contributed by atoms with van der Waals surface area (Å²) in [4.78, 5) is 0. The zero-order chi connectivity index (χ0) is 6.15. The van der Waals surface area contributed by atoms with Gasteiger partial charge in [-0.1, -0.05) is 13.8 Å². The molecule has 0 saturated heterocycles. The van der Waals surface area contributed by atoms with E-state index in [4.69, 9.17) is 0 Å². The van der Waals surface area contributed by atoms with Crippen molar-refractivity contribution in [3.8, 4) is 0 Å². The molecule has 0 bridgehead atoms. The molecule has 0 amide bonds. The largest absolute Gasteiger partial charge is 0.358 e. The molecule has 0 N–H and O–H groups in total. The van der Waals surface area contributed by atoms with Crippen LogP contribution in [0.25, 0.3) is 0 Å². The fraction of sp³-hybridized carbons (Fsp3) is 0.400. The third kappa shape index (κ3) is 2.70. The molecule has 1 aliphatic rings. The summed E-state index contributed by atoms with van der Waals surface area (Å²) in [5.41, 5.74) is 4.25. The molecule has 11 heavy (non-hydrogen) atoms. The van der Waals surface area contributed by atoms with Crippen LogP contribution >= 0.6 is 0 Å². The van der Waals surface area contributed by atoms with Crippen LogP contribution < -0.4 is 0 Å². The number of allylic oxidation sites excluding steroid dienone is 4. The van der Waals surface area contributed by atoms with Gasteiger partial charge in [-0.15, -0.1) is 13.3 Å². The van der Waals surface area contributed by atoms with Crippen LogP contribution in [0.1, 0.15) is 27.2 Å². The first-order chi connectivity index (χ1) is 3.72. The van der Waals surface area contributed by atoms with Crippen molar-refractivity contribution >= 4 is 0 Å². The van der Waals surface area contributed by atoms with Crippen LogP contribution in [0.3, 0.4) is 0 Å². The predicted molar refractivity (Wildman–Crippen MR) is 48.2 cm³/mol. The maximum atomic E-state index is 3.26. The van der Waals surface area contributed by atoms with Gasteiger partial charge in [0.2, 0.25) is 0 Å². The van der Waals surface area contributed by atoms with E-state index in [2.05, 4.69) is 26.8 Å². The van der Waals surface area contributed by atoms with Crippen LogP contribution in [0, 0.1) is 20.9 Å². The second-order valence-corrected chi connectivity index (χ2v) is 2.38. The van der Waals surface area contributed by atoms with Crippen LogP contribution in [0.5, 0.6) is 0 Å². The van der Waals surface area contributed by atoms with Gasteiger partial charge >= 0.3 is 0 Å². The van der Waals surface area contributed by atoms with Gasteiger partial charge in [0.1, 0.15) is 0 Å². The van der Waals surface area contributed by atoms with Crippen molar-refractivity contribution in [2.75, 3.05) is 0 Å². The summed E-state index contributed by atoms with van der Waals surface area (Å²) >= 11 is 0. The van der Waals surface area contributed by atoms with Gasteiger partial charge in [0.25, 0.3) is 0 Å². The Morgan fingerprint density at radius 3 is 1.64 bits per heavy atom. The molecule has 0 spiro atoms. The van der Waals surface area contributed by atoms with Crippen molar-refractivity contribution in [3.63, 3.8) is 0 Å². The summed E-state index contributed by atoms with van der Waals surface area (Å²) < 4.78 is 0. The summed E-state index contributed by atoms with van der Waals surface area (Å²) in [6.07, 6.45) is 4.31. The van der Waals surface area contributed by atoms with E-state index in [1.54, 1.807) is 0 Å². The fourth-order valence-corrected chi connectivity index (χ4v) is 0.850. The van der Waals surface area contributed by atoms with Crippen molar-refractivity contribution < 1.29 is 0 Å². The first-order valence-electron chi connectivity index (χ1n) is 2.96. The Hall–Kier alpha value is -1.52. The first-order valence-corrected chi connectivity index (χ1v) is 2.96. The standard InChI is InChI=1S/C8H11.2CH3.Db/c1-6-4-5-7(2)8(6)3;;;/h4H2,1-3H3;2*1H3;/q3*-1;. The molecule has 0 nitrogen and oxygen atoms in total. The Labute approximate surface area is 65.7 Å². The predicted octanol–water partition coefficient (Wildman–Crippen LogP) is 3.38. The van der Waals surface area contributed by atoms with E-state index in [0.29, 0.717) is 0 Å². The molecule has 0 aromatic heterocycles. The number of hydrogen-bond donors (Lipinski definition) is 0. The average Bonchev–Trinajstić information content (AvgIpc) is 1.98. The zero-order valence-corrected chi connectivity index (χ0v) is 14.8. The van der Waals surface area contributed by atoms with Gasteiger partial charge in [-0.25, -0.2) is 5.57 Å². The summed E-state index contributed by atoms with van der Waals surface area (Å²) in [7, 11) is 0. The van der Waals surface area contributed by atoms with Gasteiger partial charge in [-0.05, 0) is 0 Å². The minimum absolute atomic E-state index is 0. The minimum atomic E-state index is 0. The van der Waals surface area contributed by atoms with Crippen LogP contribution in [0.2, 0.25) is 0 Å². The van der Waals surface area contributed by atoms with Crippen molar-refractivity contribution in [2.45, 2.75) is 27.2 Å². The normalized spacial score (nSPS) is 14.3. The van der Waals surface area contributed by atoms with Crippen molar-refractivity contribution in [2.24, 2.45) is 0 Å². The first kappa shape index (κ1) is 16.2. The maximum absolute atomic E-state index is 3.26. The molecule has 0 unspecified atom stereocenters. The van der Waals surface area contributed by atoms with E-state index in [1.165, 1.54) is 16.7 Å². The summed E-state index contributed by atoms with van der Waals surface area (Å²) in [6.45, 7) is 6.44. The molecule has 0 fully saturated rings. The number of hydrogen-bond acceptors (Lipinski definition) is 0. The van der Waals surface area contributed by atoms with Gasteiger partial charge in [-0.2, -0.15) is 11.1 Å². The Balaban J connectivity index is -0.000000213. The van der Waals surface area contributed by atoms with Gasteiger partial charge < -0.3 is 14.9 Å². The monoisotopic (exact) mass is 405 g/mol. The second-order valence-electron chi connectivity index (χ2n) is 2.38. The van der Waals surface area contributed by atoms with Crippen LogP contribution in [0.4, 0.5) is 0 Å². The average molecular weight is 405 g/mol. The van der Waals surface area contributed by atoms with Gasteiger partial charge in [0.05, 0.1) is 0 Å². The van der Waals surface area contributed by atoms with Crippen LogP contribution in [-0.4, -0.2) is 0 Å². The molecule has 0 aromatic carbocycles. The Morgan fingerprint density at radius 1 is 1.09 bits per heavy atom. The van der Waals surface area contributed by atoms with Gasteiger partial charge in [0, 0.05) is 0 Å². The molecule has 1 rings (SSSR count). The molecule has 0 atom stereocenters. The van der Waals surface area contributed by atoms with E-state index < -0.39 is 0 Å². The van der Waals surface area contributed by atoms with E-state index in [0.717, 1.165) is 6.42 Å². The SMILES string of the molecule is CC1=[C-]CC(C)=C1C.[CH3-].[CH3-].[Db]. The fourth-order valence-electron chi connectivity index (χ4n) is 0.850. The van der Waals surface area contributed by atoms with E-state index in [9.17, 15) is 0 Å². The van der Waals surface area contributed by atoms with Crippen molar-refractivity contribution in [1.82, 2.24) is 0 Å². The molecular weight excluding hydrogens is 388 g/mol. The third-order valence-electron chi connectivity index (χ3n) is 1.82. The summed E-state index contributed by atoms with van der Waals surface area (Å²) in [5, 5.41) is 0. The molecule has 0 radical (unpaired) electrons. The second kappa shape index (κ2) is 5.28. The van der Waals surface area contributed by atoms with E-state index >= 15 is 0 Å². The van der Waals surface area contributed by atoms with Crippen LogP contribution in [0.15, 0.2) is 16.7 Å². The molecular formula is C10H17Db-3. The number of rotatable bonds is 0. The minimum Gasteiger partial charge on any atom is -0.358 e. The summed E-state index contributed by atoms with van der Waals surface area (Å²) in [5.74, 6) is 0. The maximum Gasteiger partial charge on any atom is 0 e. The Morgan fingerprint density at radius 2 is 1.55 bits per heavy atom. The zero-order valence-electron chi connectivity index (χ0n) is 8.41. The molecule has 0 aliphatic heterocycles. The molecule has 62 valence electrons. The Kier molecular flexibility index (Phi) is 7.79. The molecule has 0 heterocycles. The summed E-state index contributed by atoms with van der Waals surface area (Å²) in [6, 6.07) is 0. The van der Waals surface area contributed by atoms with Crippen molar-refractivity contribution in [3.05, 3.63) is 37.6 Å². The van der Waals surface area contributed by atoms with E-state index in [-0.39, 0.29) is 14.9 Å². The molecule has 0 saturated carbocycles. The molecule has 0 aromatic rings. The van der Waals surface area contributed by atoms with Gasteiger partial charge in [0.15, 0.2) is 0 Å². The molecule has 1 aliphatic carbocycles. The topological polar surface area (TPSA) is 0 Å². The van der Waals surface area contributed by atoms with E-state index in [1.807, 2.05) is 0 Å². The van der Waals surface area contributed by atoms with Crippen molar-refractivity contribution in [1.29, 1.82) is 0 Å². The molecule has 1 heteroatoms. The Bertz CT molecular complexity index is 158.